The lowest BCUT2D eigenvalue weighted by molar-refractivity contribution is -0.127. The van der Waals surface area contributed by atoms with Crippen LogP contribution in [0.2, 0.25) is 0 Å². The minimum Gasteiger partial charge on any atom is -0.444 e. The zero-order chi connectivity index (χ0) is 27.8. The molecule has 0 radical (unpaired) electrons. The third-order valence-electron chi connectivity index (χ3n) is 4.87. The largest absolute Gasteiger partial charge is 0.444 e. The van der Waals surface area contributed by atoms with E-state index in [-0.39, 0.29) is 29.7 Å². The molecule has 1 aromatic heterocycles. The third kappa shape index (κ3) is 14.2. The molecule has 14 heteroatoms. The van der Waals surface area contributed by atoms with Crippen molar-refractivity contribution in [3.63, 3.8) is 0 Å². The highest BCUT2D eigenvalue weighted by Crippen LogP contribution is 2.12. The van der Waals surface area contributed by atoms with Crippen molar-refractivity contribution in [2.24, 2.45) is 22.2 Å². The van der Waals surface area contributed by atoms with Gasteiger partial charge in [0.1, 0.15) is 11.6 Å². The number of nitrogens with one attached hydrogen (secondary N) is 3. The van der Waals surface area contributed by atoms with Gasteiger partial charge in [-0.3, -0.25) is 19.4 Å². The Morgan fingerprint density at radius 2 is 1.76 bits per heavy atom. The molecule has 0 saturated heterocycles. The number of hydrogen-bond donors (Lipinski definition) is 6. The number of unbranched alkanes of at least 4 members (excludes halogenated alkanes) is 2. The molecule has 0 aromatic carbocycles. The van der Waals surface area contributed by atoms with Gasteiger partial charge >= 0.3 is 6.09 Å². The van der Waals surface area contributed by atoms with Crippen LogP contribution in [0.25, 0.3) is 0 Å². The van der Waals surface area contributed by atoms with E-state index in [1.807, 2.05) is 0 Å². The number of alkyl carbamates (subject to hydrolysis) is 1. The number of ketones is 1. The van der Waals surface area contributed by atoms with E-state index < -0.39 is 35.6 Å². The number of rotatable bonds is 16. The number of hydrogen-bond acceptors (Lipinski definition) is 9. The van der Waals surface area contributed by atoms with Gasteiger partial charge < -0.3 is 37.9 Å². The van der Waals surface area contributed by atoms with Crippen LogP contribution in [-0.4, -0.2) is 72.0 Å². The second-order valence-corrected chi connectivity index (χ2v) is 10.2. The number of carbonyl (C=O) groups is 4. The van der Waals surface area contributed by atoms with E-state index >= 15 is 0 Å². The molecular weight excluding hydrogens is 500 g/mol. The summed E-state index contributed by atoms with van der Waals surface area (Å²) in [6.45, 7) is 5.59. The van der Waals surface area contributed by atoms with E-state index in [9.17, 15) is 19.2 Å². The zero-order valence-electron chi connectivity index (χ0n) is 21.7. The van der Waals surface area contributed by atoms with Crippen LogP contribution >= 0.6 is 11.3 Å². The first-order valence-corrected chi connectivity index (χ1v) is 13.1. The molecule has 0 bridgehead atoms. The van der Waals surface area contributed by atoms with Crippen molar-refractivity contribution in [3.8, 4) is 0 Å². The van der Waals surface area contributed by atoms with Crippen LogP contribution in [0.1, 0.15) is 69.1 Å². The summed E-state index contributed by atoms with van der Waals surface area (Å²) in [6.07, 6.45) is 4.07. The zero-order valence-corrected chi connectivity index (χ0v) is 22.6. The van der Waals surface area contributed by atoms with Crippen LogP contribution in [-0.2, 0) is 14.3 Å². The van der Waals surface area contributed by atoms with E-state index in [0.29, 0.717) is 32.4 Å². The van der Waals surface area contributed by atoms with Crippen molar-refractivity contribution in [2.75, 3.05) is 19.6 Å². The number of Topliss-reactive ketones (excluding diaryl/α,β-unsaturated/α-hetero) is 1. The second kappa shape index (κ2) is 16.5. The van der Waals surface area contributed by atoms with Gasteiger partial charge in [0.05, 0.1) is 12.6 Å². The maximum atomic E-state index is 12.8. The predicted octanol–water partition coefficient (Wildman–Crippen LogP) is 0.393. The molecule has 0 aliphatic carbocycles. The van der Waals surface area contributed by atoms with Crippen LogP contribution in [0.15, 0.2) is 16.6 Å². The summed E-state index contributed by atoms with van der Waals surface area (Å²) in [7, 11) is 0. The first-order chi connectivity index (χ1) is 17.4. The fourth-order valence-electron chi connectivity index (χ4n) is 3.19. The number of carbonyl (C=O) groups excluding carboxylic acids is 4. The topological polar surface area (TPSA) is 217 Å². The Hall–Kier alpha value is -3.26. The number of aromatic nitrogens is 1. The van der Waals surface area contributed by atoms with Gasteiger partial charge in [0, 0.05) is 18.1 Å². The van der Waals surface area contributed by atoms with Gasteiger partial charge in [0.2, 0.25) is 17.6 Å². The van der Waals surface area contributed by atoms with Gasteiger partial charge in [-0.1, -0.05) is 12.8 Å². The molecule has 9 N–H and O–H groups in total. The number of aliphatic imine (C=N–C) groups is 1. The predicted molar refractivity (Wildman–Crippen MR) is 142 cm³/mol. The van der Waals surface area contributed by atoms with Crippen molar-refractivity contribution < 1.29 is 23.9 Å². The molecule has 2 atom stereocenters. The molecule has 208 valence electrons. The van der Waals surface area contributed by atoms with Gasteiger partial charge in [-0.15, -0.1) is 11.3 Å². The number of ether oxygens (including phenoxy) is 1. The van der Waals surface area contributed by atoms with Crippen LogP contribution < -0.4 is 33.2 Å². The van der Waals surface area contributed by atoms with Crippen molar-refractivity contribution >= 4 is 41.0 Å². The molecule has 1 heterocycles. The minimum atomic E-state index is -0.896. The first kappa shape index (κ1) is 31.8. The molecule has 0 aliphatic heterocycles. The number of nitrogens with zero attached hydrogens (tertiary/aromatic N) is 2. The van der Waals surface area contributed by atoms with E-state index in [2.05, 4.69) is 25.9 Å². The molecule has 0 saturated carbocycles. The number of thiazole rings is 1. The minimum absolute atomic E-state index is 0.0629. The van der Waals surface area contributed by atoms with Gasteiger partial charge in [-0.25, -0.2) is 9.78 Å². The van der Waals surface area contributed by atoms with E-state index in [0.717, 1.165) is 24.2 Å². The van der Waals surface area contributed by atoms with Crippen LogP contribution in [0, 0.1) is 0 Å². The lowest BCUT2D eigenvalue weighted by Crippen LogP contribution is -2.51. The molecular formula is C23H40N8O5S. The molecule has 0 aliphatic rings. The monoisotopic (exact) mass is 540 g/mol. The van der Waals surface area contributed by atoms with Crippen molar-refractivity contribution in [3.05, 3.63) is 16.6 Å². The quantitative estimate of drug-likeness (QED) is 0.0738. The Morgan fingerprint density at radius 1 is 1.05 bits per heavy atom. The van der Waals surface area contributed by atoms with Gasteiger partial charge in [0.25, 0.3) is 0 Å². The lowest BCUT2D eigenvalue weighted by atomic mass is 10.1. The molecule has 3 amide bonds. The fourth-order valence-corrected chi connectivity index (χ4v) is 3.82. The van der Waals surface area contributed by atoms with Crippen LogP contribution in [0.3, 0.4) is 0 Å². The summed E-state index contributed by atoms with van der Waals surface area (Å²) in [5.74, 6) is -1.51. The smallest absolute Gasteiger partial charge is 0.408 e. The molecule has 1 aromatic rings. The maximum Gasteiger partial charge on any atom is 0.408 e. The summed E-state index contributed by atoms with van der Waals surface area (Å²) < 4.78 is 5.25. The Balaban J connectivity index is 2.74. The molecule has 0 spiro atoms. The van der Waals surface area contributed by atoms with Gasteiger partial charge in [0.15, 0.2) is 11.0 Å². The Bertz CT molecular complexity index is 897. The number of guanidine groups is 1. The van der Waals surface area contributed by atoms with E-state index in [4.69, 9.17) is 21.9 Å². The molecule has 0 fully saturated rings. The molecule has 1 rings (SSSR count). The molecule has 13 nitrogen and oxygen atoms in total. The summed E-state index contributed by atoms with van der Waals surface area (Å²) in [5, 5.41) is 9.66. The first-order valence-electron chi connectivity index (χ1n) is 12.2. The standard InChI is InChI=1S/C23H40N8O5S/c1-23(2,3)36-22(35)31-16(8-5-4-6-10-24)19(34)29-14-17(32)30-15(9-7-11-28-21(25)26)18(33)20-27-12-13-37-20/h12-13,15-16H,4-11,14,24H2,1-3H3,(H,29,34)(H,30,32)(H,31,35)(H4,25,26,28)/t15-,16+/m0/s1. The van der Waals surface area contributed by atoms with Crippen molar-refractivity contribution in [1.82, 2.24) is 20.9 Å². The van der Waals surface area contributed by atoms with Gasteiger partial charge in [-0.05, 0) is 53.0 Å². The lowest BCUT2D eigenvalue weighted by Gasteiger charge is -2.23. The highest BCUT2D eigenvalue weighted by molar-refractivity contribution is 7.11. The maximum absolute atomic E-state index is 12.8. The number of nitrogens with two attached hydrogens (primary N) is 3. The Kier molecular flexibility index (Phi) is 14.1. The molecule has 0 unspecified atom stereocenters. The van der Waals surface area contributed by atoms with Crippen LogP contribution in [0.4, 0.5) is 4.79 Å². The van der Waals surface area contributed by atoms with Gasteiger partial charge in [-0.2, -0.15) is 0 Å². The second-order valence-electron chi connectivity index (χ2n) is 9.33. The summed E-state index contributed by atoms with van der Waals surface area (Å²) in [4.78, 5) is 58.3. The van der Waals surface area contributed by atoms with Crippen molar-refractivity contribution in [1.29, 1.82) is 0 Å². The molecule has 37 heavy (non-hydrogen) atoms. The third-order valence-corrected chi connectivity index (χ3v) is 5.66. The summed E-state index contributed by atoms with van der Waals surface area (Å²) >= 11 is 1.16. The normalized spacial score (nSPS) is 12.6. The highest BCUT2D eigenvalue weighted by Gasteiger charge is 2.26. The van der Waals surface area contributed by atoms with Crippen molar-refractivity contribution in [2.45, 2.75) is 77.0 Å². The SMILES string of the molecule is CC(C)(C)OC(=O)N[C@H](CCCCCN)C(=O)NCC(=O)N[C@@H](CCCN=C(N)N)C(=O)c1nccs1. The number of amides is 3. The fraction of sp³-hybridized carbons (Fsp3) is 0.652. The highest BCUT2D eigenvalue weighted by atomic mass is 32.1. The van der Waals surface area contributed by atoms with E-state index in [1.165, 1.54) is 6.20 Å². The van der Waals surface area contributed by atoms with Crippen LogP contribution in [0.5, 0.6) is 0 Å². The average molecular weight is 541 g/mol. The average Bonchev–Trinajstić information content (AvgIpc) is 3.34. The summed E-state index contributed by atoms with van der Waals surface area (Å²) in [5.41, 5.74) is 15.4. The Morgan fingerprint density at radius 3 is 2.35 bits per heavy atom. The van der Waals surface area contributed by atoms with E-state index in [1.54, 1.807) is 26.2 Å². The summed E-state index contributed by atoms with van der Waals surface area (Å²) in [6, 6.07) is -1.76. The Labute approximate surface area is 221 Å².